The molecule has 0 saturated carbocycles. The van der Waals surface area contributed by atoms with Crippen molar-refractivity contribution in [3.05, 3.63) is 35.6 Å². The lowest BCUT2D eigenvalue weighted by Gasteiger charge is -2.12. The van der Waals surface area contributed by atoms with Crippen LogP contribution < -0.4 is 0 Å². The number of rotatable bonds is 5. The molecular formula is C13H16FN. The molecule has 0 unspecified atom stereocenters. The Morgan fingerprint density at radius 3 is 2.60 bits per heavy atom. The highest BCUT2D eigenvalue weighted by Crippen LogP contribution is 2.05. The van der Waals surface area contributed by atoms with Gasteiger partial charge in [0.15, 0.2) is 0 Å². The van der Waals surface area contributed by atoms with Crippen LogP contribution >= 0.6 is 0 Å². The second kappa shape index (κ2) is 6.21. The lowest BCUT2D eigenvalue weighted by Crippen LogP contribution is -2.20. The molecule has 0 fully saturated rings. The summed E-state index contributed by atoms with van der Waals surface area (Å²) in [6, 6.07) is 6.66. The summed E-state index contributed by atoms with van der Waals surface area (Å²) < 4.78 is 12.6. The average molecular weight is 205 g/mol. The summed E-state index contributed by atoms with van der Waals surface area (Å²) in [7, 11) is 2.00. The van der Waals surface area contributed by atoms with Crippen LogP contribution in [0.1, 0.15) is 12.0 Å². The molecule has 0 N–H and O–H groups in total. The third-order valence-corrected chi connectivity index (χ3v) is 2.28. The van der Waals surface area contributed by atoms with Crippen LogP contribution in [-0.4, -0.2) is 25.0 Å². The van der Waals surface area contributed by atoms with Crippen LogP contribution in [0.25, 0.3) is 0 Å². The molecule has 0 aliphatic rings. The van der Waals surface area contributed by atoms with Gasteiger partial charge in [-0.05, 0) is 44.1 Å². The molecule has 1 nitrogen and oxygen atoms in total. The maximum Gasteiger partial charge on any atom is 0.123 e. The fourth-order valence-corrected chi connectivity index (χ4v) is 1.44. The Balaban J connectivity index is 2.26. The second-order valence-corrected chi connectivity index (χ2v) is 3.67. The molecule has 2 heteroatoms. The van der Waals surface area contributed by atoms with E-state index in [4.69, 9.17) is 6.42 Å². The van der Waals surface area contributed by atoms with Crippen LogP contribution in [0.15, 0.2) is 24.3 Å². The Bertz CT molecular complexity index is 323. The molecule has 0 saturated heterocycles. The summed E-state index contributed by atoms with van der Waals surface area (Å²) in [5, 5.41) is 0. The third-order valence-electron chi connectivity index (χ3n) is 2.28. The van der Waals surface area contributed by atoms with Gasteiger partial charge in [-0.25, -0.2) is 4.39 Å². The molecule has 1 aromatic rings. The molecule has 1 aromatic carbocycles. The summed E-state index contributed by atoms with van der Waals surface area (Å²) in [5.41, 5.74) is 1.17. The van der Waals surface area contributed by atoms with Crippen LogP contribution in [0.5, 0.6) is 0 Å². The van der Waals surface area contributed by atoms with Crippen molar-refractivity contribution in [2.24, 2.45) is 0 Å². The minimum absolute atomic E-state index is 0.178. The van der Waals surface area contributed by atoms with Crippen LogP contribution in [0.3, 0.4) is 0 Å². The highest BCUT2D eigenvalue weighted by atomic mass is 19.1. The molecule has 0 amide bonds. The first-order valence-corrected chi connectivity index (χ1v) is 5.09. The van der Waals surface area contributed by atoms with Crippen molar-refractivity contribution in [2.75, 3.05) is 20.1 Å². The SMILES string of the molecule is C#CCN(C)CCCc1ccc(F)cc1. The maximum absolute atomic E-state index is 12.6. The monoisotopic (exact) mass is 205 g/mol. The first kappa shape index (κ1) is 11.7. The van der Waals surface area contributed by atoms with E-state index < -0.39 is 0 Å². The van der Waals surface area contributed by atoms with E-state index in [9.17, 15) is 4.39 Å². The summed E-state index contributed by atoms with van der Waals surface area (Å²) >= 11 is 0. The van der Waals surface area contributed by atoms with E-state index in [1.807, 2.05) is 19.2 Å². The minimum Gasteiger partial charge on any atom is -0.295 e. The van der Waals surface area contributed by atoms with Gasteiger partial charge in [0, 0.05) is 0 Å². The molecule has 0 heterocycles. The van der Waals surface area contributed by atoms with Crippen molar-refractivity contribution in [1.82, 2.24) is 4.90 Å². The van der Waals surface area contributed by atoms with E-state index in [1.165, 1.54) is 17.7 Å². The van der Waals surface area contributed by atoms with Gasteiger partial charge in [-0.3, -0.25) is 4.90 Å². The normalized spacial score (nSPS) is 10.3. The zero-order valence-corrected chi connectivity index (χ0v) is 9.04. The average Bonchev–Trinajstić information content (AvgIpc) is 2.21. The minimum atomic E-state index is -0.178. The predicted molar refractivity (Wildman–Crippen MR) is 61.1 cm³/mol. The molecule has 15 heavy (non-hydrogen) atoms. The summed E-state index contributed by atoms with van der Waals surface area (Å²) in [6.45, 7) is 1.66. The molecule has 0 spiro atoms. The molecule has 0 bridgehead atoms. The van der Waals surface area contributed by atoms with Gasteiger partial charge < -0.3 is 0 Å². The van der Waals surface area contributed by atoms with Crippen LogP contribution in [0, 0.1) is 18.2 Å². The fourth-order valence-electron chi connectivity index (χ4n) is 1.44. The fraction of sp³-hybridized carbons (Fsp3) is 0.385. The van der Waals surface area contributed by atoms with Gasteiger partial charge in [-0.1, -0.05) is 18.1 Å². The van der Waals surface area contributed by atoms with E-state index in [0.717, 1.165) is 19.4 Å². The Labute approximate surface area is 90.9 Å². The number of benzene rings is 1. The van der Waals surface area contributed by atoms with Crippen LogP contribution in [-0.2, 0) is 6.42 Å². The largest absolute Gasteiger partial charge is 0.295 e. The van der Waals surface area contributed by atoms with Gasteiger partial charge in [-0.15, -0.1) is 6.42 Å². The van der Waals surface area contributed by atoms with E-state index in [1.54, 1.807) is 0 Å². The zero-order valence-electron chi connectivity index (χ0n) is 9.04. The van der Waals surface area contributed by atoms with Crippen LogP contribution in [0.4, 0.5) is 4.39 Å². The van der Waals surface area contributed by atoms with Crippen molar-refractivity contribution >= 4 is 0 Å². The lowest BCUT2D eigenvalue weighted by atomic mass is 10.1. The smallest absolute Gasteiger partial charge is 0.123 e. The maximum atomic E-state index is 12.6. The van der Waals surface area contributed by atoms with Crippen molar-refractivity contribution < 1.29 is 4.39 Å². The highest BCUT2D eigenvalue weighted by molar-refractivity contribution is 5.15. The molecule has 1 rings (SSSR count). The van der Waals surface area contributed by atoms with Gasteiger partial charge in [0.05, 0.1) is 6.54 Å². The van der Waals surface area contributed by atoms with E-state index in [-0.39, 0.29) is 5.82 Å². The van der Waals surface area contributed by atoms with E-state index in [0.29, 0.717) is 6.54 Å². The van der Waals surface area contributed by atoms with E-state index >= 15 is 0 Å². The molecule has 0 atom stereocenters. The van der Waals surface area contributed by atoms with Gasteiger partial charge >= 0.3 is 0 Å². The summed E-state index contributed by atoms with van der Waals surface area (Å²) in [6.07, 6.45) is 7.21. The van der Waals surface area contributed by atoms with Gasteiger partial charge in [0.2, 0.25) is 0 Å². The lowest BCUT2D eigenvalue weighted by molar-refractivity contribution is 0.369. The van der Waals surface area contributed by atoms with Gasteiger partial charge in [0.1, 0.15) is 5.82 Å². The first-order valence-electron chi connectivity index (χ1n) is 5.09. The zero-order chi connectivity index (χ0) is 11.1. The van der Waals surface area contributed by atoms with Crippen LogP contribution in [0.2, 0.25) is 0 Å². The van der Waals surface area contributed by atoms with Crippen molar-refractivity contribution in [3.63, 3.8) is 0 Å². The number of terminal acetylenes is 1. The first-order chi connectivity index (χ1) is 7.22. The van der Waals surface area contributed by atoms with Crippen molar-refractivity contribution in [2.45, 2.75) is 12.8 Å². The third kappa shape index (κ3) is 4.62. The predicted octanol–water partition coefficient (Wildman–Crippen LogP) is 2.32. The summed E-state index contributed by atoms with van der Waals surface area (Å²) in [4.78, 5) is 2.10. The molecular weight excluding hydrogens is 189 g/mol. The Morgan fingerprint density at radius 1 is 1.33 bits per heavy atom. The Kier molecular flexibility index (Phi) is 4.86. The van der Waals surface area contributed by atoms with Crippen molar-refractivity contribution in [3.8, 4) is 12.3 Å². The van der Waals surface area contributed by atoms with Gasteiger partial charge in [0.25, 0.3) is 0 Å². The quantitative estimate of drug-likeness (QED) is 0.667. The summed E-state index contributed by atoms with van der Waals surface area (Å²) in [5.74, 6) is 2.42. The molecule has 0 aliphatic heterocycles. The Hall–Kier alpha value is -1.33. The second-order valence-electron chi connectivity index (χ2n) is 3.67. The van der Waals surface area contributed by atoms with E-state index in [2.05, 4.69) is 10.8 Å². The molecule has 80 valence electrons. The number of halogens is 1. The Morgan fingerprint density at radius 2 is 2.00 bits per heavy atom. The number of aryl methyl sites for hydroxylation is 1. The van der Waals surface area contributed by atoms with Gasteiger partial charge in [-0.2, -0.15) is 0 Å². The molecule has 0 radical (unpaired) electrons. The number of nitrogens with zero attached hydrogens (tertiary/aromatic N) is 1. The van der Waals surface area contributed by atoms with Crippen molar-refractivity contribution in [1.29, 1.82) is 0 Å². The molecule has 0 aliphatic carbocycles. The standard InChI is InChI=1S/C13H16FN/c1-3-10-15(2)11-4-5-12-6-8-13(14)9-7-12/h1,6-9H,4-5,10-11H2,2H3. The highest BCUT2D eigenvalue weighted by Gasteiger charge is 1.97. The topological polar surface area (TPSA) is 3.24 Å². The molecule has 0 aromatic heterocycles. The number of hydrogen-bond donors (Lipinski definition) is 0. The number of hydrogen-bond acceptors (Lipinski definition) is 1.